The van der Waals surface area contributed by atoms with Gasteiger partial charge in [0.05, 0.1) is 36.6 Å². The van der Waals surface area contributed by atoms with E-state index in [4.69, 9.17) is 9.15 Å². The van der Waals surface area contributed by atoms with Crippen LogP contribution < -0.4 is 5.32 Å². The van der Waals surface area contributed by atoms with Gasteiger partial charge < -0.3 is 14.5 Å². The molecule has 0 saturated carbocycles. The highest BCUT2D eigenvalue weighted by molar-refractivity contribution is 5.95. The number of H-pyrrole nitrogens is 1. The molecule has 0 radical (unpaired) electrons. The molecule has 1 amide bonds. The number of aromatic amines is 1. The van der Waals surface area contributed by atoms with E-state index in [9.17, 15) is 4.79 Å². The van der Waals surface area contributed by atoms with Gasteiger partial charge in [0.2, 0.25) is 0 Å². The smallest absolute Gasteiger partial charge is 0.255 e. The molecular formula is C13H15N3O3. The summed E-state index contributed by atoms with van der Waals surface area (Å²) < 4.78 is 10.3. The molecule has 1 aliphatic rings. The lowest BCUT2D eigenvalue weighted by Gasteiger charge is -2.08. The third-order valence-corrected chi connectivity index (χ3v) is 3.28. The van der Waals surface area contributed by atoms with Gasteiger partial charge in [0.15, 0.2) is 0 Å². The van der Waals surface area contributed by atoms with Gasteiger partial charge in [-0.25, -0.2) is 0 Å². The zero-order chi connectivity index (χ0) is 13.1. The first-order chi connectivity index (χ1) is 9.34. The lowest BCUT2D eigenvalue weighted by molar-refractivity contribution is 0.0949. The standard InChI is InChI=1S/C13H15N3O3/c17-13(14-5-9-1-3-18-7-9)11-6-15-16-12(11)10-2-4-19-8-10/h1,3,6-7,10H,2,4-5,8H2,(H,14,17)(H,15,16)/t10-/m1/s1. The van der Waals surface area contributed by atoms with Crippen molar-refractivity contribution in [3.8, 4) is 0 Å². The molecule has 0 bridgehead atoms. The van der Waals surface area contributed by atoms with Crippen LogP contribution in [0.25, 0.3) is 0 Å². The van der Waals surface area contributed by atoms with Crippen LogP contribution in [0.3, 0.4) is 0 Å². The number of ether oxygens (including phenoxy) is 1. The van der Waals surface area contributed by atoms with Gasteiger partial charge in [-0.05, 0) is 12.5 Å². The summed E-state index contributed by atoms with van der Waals surface area (Å²) in [7, 11) is 0. The summed E-state index contributed by atoms with van der Waals surface area (Å²) >= 11 is 0. The third-order valence-electron chi connectivity index (χ3n) is 3.28. The van der Waals surface area contributed by atoms with Crippen LogP contribution in [-0.2, 0) is 11.3 Å². The number of furan rings is 1. The summed E-state index contributed by atoms with van der Waals surface area (Å²) in [6, 6.07) is 1.82. The highest BCUT2D eigenvalue weighted by Crippen LogP contribution is 2.25. The van der Waals surface area contributed by atoms with Crippen molar-refractivity contribution in [2.75, 3.05) is 13.2 Å². The second-order valence-electron chi connectivity index (χ2n) is 4.57. The van der Waals surface area contributed by atoms with Crippen molar-refractivity contribution < 1.29 is 13.9 Å². The number of hydrogen-bond donors (Lipinski definition) is 2. The second-order valence-corrected chi connectivity index (χ2v) is 4.57. The minimum Gasteiger partial charge on any atom is -0.472 e. The van der Waals surface area contributed by atoms with Gasteiger partial charge in [0.25, 0.3) is 5.91 Å². The summed E-state index contributed by atoms with van der Waals surface area (Å²) in [6.45, 7) is 1.82. The Bertz CT molecular complexity index is 541. The summed E-state index contributed by atoms with van der Waals surface area (Å²) in [6.07, 6.45) is 5.69. The third kappa shape index (κ3) is 2.53. The van der Waals surface area contributed by atoms with E-state index in [2.05, 4.69) is 15.5 Å². The SMILES string of the molecule is O=C(NCc1ccoc1)c1cn[nH]c1[C@@H]1CCOC1. The van der Waals surface area contributed by atoms with Gasteiger partial charge >= 0.3 is 0 Å². The quantitative estimate of drug-likeness (QED) is 0.872. The zero-order valence-corrected chi connectivity index (χ0v) is 10.4. The summed E-state index contributed by atoms with van der Waals surface area (Å²) in [5, 5.41) is 9.74. The van der Waals surface area contributed by atoms with Gasteiger partial charge in [-0.2, -0.15) is 5.10 Å². The van der Waals surface area contributed by atoms with Crippen LogP contribution in [0, 0.1) is 0 Å². The molecule has 6 nitrogen and oxygen atoms in total. The van der Waals surface area contributed by atoms with Crippen molar-refractivity contribution in [1.82, 2.24) is 15.5 Å². The molecule has 0 aliphatic carbocycles. The van der Waals surface area contributed by atoms with Crippen LogP contribution in [0.4, 0.5) is 0 Å². The Kier molecular flexibility index (Phi) is 3.33. The average Bonchev–Trinajstić information content (AvgIpc) is 3.14. The number of carbonyl (C=O) groups is 1. The van der Waals surface area contributed by atoms with Gasteiger partial charge in [-0.1, -0.05) is 0 Å². The summed E-state index contributed by atoms with van der Waals surface area (Å²) in [5.74, 6) is 0.106. The van der Waals surface area contributed by atoms with E-state index >= 15 is 0 Å². The molecule has 19 heavy (non-hydrogen) atoms. The second kappa shape index (κ2) is 5.27. The number of carbonyl (C=O) groups excluding carboxylic acids is 1. The molecule has 2 aromatic rings. The van der Waals surface area contributed by atoms with Crippen LogP contribution in [0.2, 0.25) is 0 Å². The van der Waals surface area contributed by atoms with Crippen LogP contribution in [0.15, 0.2) is 29.2 Å². The highest BCUT2D eigenvalue weighted by atomic mass is 16.5. The molecule has 3 rings (SSSR count). The molecule has 0 aromatic carbocycles. The maximum absolute atomic E-state index is 12.1. The Morgan fingerprint density at radius 3 is 3.26 bits per heavy atom. The summed E-state index contributed by atoms with van der Waals surface area (Å²) in [5.41, 5.74) is 2.39. The Morgan fingerprint density at radius 2 is 2.53 bits per heavy atom. The first kappa shape index (κ1) is 12.0. The van der Waals surface area contributed by atoms with Crippen molar-refractivity contribution in [3.63, 3.8) is 0 Å². The van der Waals surface area contributed by atoms with E-state index in [1.807, 2.05) is 6.07 Å². The fraction of sp³-hybridized carbons (Fsp3) is 0.385. The monoisotopic (exact) mass is 261 g/mol. The predicted octanol–water partition coefficient (Wildman–Crippen LogP) is 1.44. The number of hydrogen-bond acceptors (Lipinski definition) is 4. The van der Waals surface area contributed by atoms with Gasteiger partial charge in [0.1, 0.15) is 0 Å². The van der Waals surface area contributed by atoms with E-state index in [1.165, 1.54) is 0 Å². The van der Waals surface area contributed by atoms with E-state index in [0.717, 1.165) is 24.3 Å². The van der Waals surface area contributed by atoms with E-state index in [1.54, 1.807) is 18.7 Å². The Balaban J connectivity index is 1.67. The fourth-order valence-corrected chi connectivity index (χ4v) is 2.22. The molecule has 2 aromatic heterocycles. The Morgan fingerprint density at radius 1 is 1.58 bits per heavy atom. The van der Waals surface area contributed by atoms with E-state index < -0.39 is 0 Å². The van der Waals surface area contributed by atoms with Crippen molar-refractivity contribution in [2.24, 2.45) is 0 Å². The molecule has 0 unspecified atom stereocenters. The number of nitrogens with zero attached hydrogens (tertiary/aromatic N) is 1. The van der Waals surface area contributed by atoms with Gasteiger partial charge in [-0.15, -0.1) is 0 Å². The minimum atomic E-state index is -0.128. The summed E-state index contributed by atoms with van der Waals surface area (Å²) in [4.78, 5) is 12.1. The van der Waals surface area contributed by atoms with Crippen molar-refractivity contribution in [3.05, 3.63) is 41.6 Å². The molecular weight excluding hydrogens is 246 g/mol. The Labute approximate surface area is 110 Å². The van der Waals surface area contributed by atoms with Crippen LogP contribution in [-0.4, -0.2) is 29.3 Å². The molecule has 1 atom stereocenters. The van der Waals surface area contributed by atoms with Crippen molar-refractivity contribution in [2.45, 2.75) is 18.9 Å². The zero-order valence-electron chi connectivity index (χ0n) is 10.4. The number of rotatable bonds is 4. The van der Waals surface area contributed by atoms with Crippen molar-refractivity contribution >= 4 is 5.91 Å². The lowest BCUT2D eigenvalue weighted by atomic mass is 10.0. The molecule has 1 saturated heterocycles. The molecule has 1 fully saturated rings. The number of amides is 1. The lowest BCUT2D eigenvalue weighted by Crippen LogP contribution is -2.23. The molecule has 2 N–H and O–H groups in total. The van der Waals surface area contributed by atoms with Crippen LogP contribution in [0.1, 0.15) is 34.0 Å². The topological polar surface area (TPSA) is 80.2 Å². The molecule has 100 valence electrons. The molecule has 1 aliphatic heterocycles. The molecule has 6 heteroatoms. The van der Waals surface area contributed by atoms with Gasteiger partial charge in [0, 0.05) is 24.6 Å². The Hall–Kier alpha value is -2.08. The molecule has 0 spiro atoms. The normalized spacial score (nSPS) is 18.6. The van der Waals surface area contributed by atoms with Crippen LogP contribution in [0.5, 0.6) is 0 Å². The van der Waals surface area contributed by atoms with Crippen molar-refractivity contribution in [1.29, 1.82) is 0 Å². The number of nitrogens with one attached hydrogen (secondary N) is 2. The maximum atomic E-state index is 12.1. The largest absolute Gasteiger partial charge is 0.472 e. The van der Waals surface area contributed by atoms with E-state index in [0.29, 0.717) is 18.7 Å². The highest BCUT2D eigenvalue weighted by Gasteiger charge is 2.25. The van der Waals surface area contributed by atoms with E-state index in [-0.39, 0.29) is 11.8 Å². The first-order valence-corrected chi connectivity index (χ1v) is 6.25. The van der Waals surface area contributed by atoms with Crippen LogP contribution >= 0.6 is 0 Å². The number of aromatic nitrogens is 2. The fourth-order valence-electron chi connectivity index (χ4n) is 2.22. The minimum absolute atomic E-state index is 0.128. The maximum Gasteiger partial charge on any atom is 0.255 e. The van der Waals surface area contributed by atoms with Gasteiger partial charge in [-0.3, -0.25) is 9.89 Å². The average molecular weight is 261 g/mol. The predicted molar refractivity (Wildman–Crippen MR) is 66.6 cm³/mol. The first-order valence-electron chi connectivity index (χ1n) is 6.25. The molecule has 3 heterocycles.